The number of pyridine rings is 1. The Kier molecular flexibility index (Phi) is 5.20. The molecule has 0 fully saturated rings. The zero-order chi connectivity index (χ0) is 15.1. The van der Waals surface area contributed by atoms with Crippen LogP contribution in [0, 0.1) is 0 Å². The van der Waals surface area contributed by atoms with Crippen molar-refractivity contribution in [2.75, 3.05) is 18.4 Å². The Hall–Kier alpha value is -2.50. The first-order chi connectivity index (χ1) is 10.2. The smallest absolute Gasteiger partial charge is 0.272 e. The monoisotopic (exact) mass is 285 g/mol. The van der Waals surface area contributed by atoms with Gasteiger partial charge in [0.1, 0.15) is 17.8 Å². The summed E-state index contributed by atoms with van der Waals surface area (Å²) in [7, 11) is 0. The van der Waals surface area contributed by atoms with Crippen LogP contribution in [0.4, 0.5) is 5.82 Å². The molecular weight excluding hydrogens is 266 g/mol. The molecule has 2 aromatic heterocycles. The van der Waals surface area contributed by atoms with Gasteiger partial charge in [0.15, 0.2) is 0 Å². The molecule has 0 saturated heterocycles. The lowest BCUT2D eigenvalue weighted by molar-refractivity contribution is 0.0767. The molecule has 0 aliphatic carbocycles. The molecule has 0 spiro atoms. The van der Waals surface area contributed by atoms with E-state index in [9.17, 15) is 4.79 Å². The highest BCUT2D eigenvalue weighted by atomic mass is 16.2. The lowest BCUT2D eigenvalue weighted by Gasteiger charge is -2.18. The first kappa shape index (κ1) is 14.9. The van der Waals surface area contributed by atoms with E-state index in [1.165, 1.54) is 6.33 Å². The Bertz CT molecular complexity index is 584. The zero-order valence-corrected chi connectivity index (χ0v) is 12.3. The molecule has 2 heterocycles. The van der Waals surface area contributed by atoms with Crippen molar-refractivity contribution in [1.29, 1.82) is 0 Å². The summed E-state index contributed by atoms with van der Waals surface area (Å²) < 4.78 is 0. The number of aromatic nitrogens is 3. The topological polar surface area (TPSA) is 71.0 Å². The van der Waals surface area contributed by atoms with Gasteiger partial charge in [0, 0.05) is 38.1 Å². The zero-order valence-electron chi connectivity index (χ0n) is 12.3. The summed E-state index contributed by atoms with van der Waals surface area (Å²) in [5.41, 5.74) is 1.45. The molecule has 2 rings (SSSR count). The number of hydrogen-bond acceptors (Lipinski definition) is 5. The largest absolute Gasteiger partial charge is 0.366 e. The van der Waals surface area contributed by atoms with Gasteiger partial charge in [0.25, 0.3) is 5.91 Å². The third kappa shape index (κ3) is 3.98. The van der Waals surface area contributed by atoms with Crippen LogP contribution < -0.4 is 5.32 Å². The van der Waals surface area contributed by atoms with Crippen molar-refractivity contribution >= 4 is 11.7 Å². The summed E-state index contributed by atoms with van der Waals surface area (Å²) in [5.74, 6) is 0.552. The van der Waals surface area contributed by atoms with Gasteiger partial charge in [0.2, 0.25) is 0 Å². The number of hydrogen-bond donors (Lipinski definition) is 1. The fourth-order valence-corrected chi connectivity index (χ4v) is 1.94. The molecule has 0 radical (unpaired) electrons. The number of carbonyl (C=O) groups excluding carboxylic acids is 1. The maximum absolute atomic E-state index is 12.2. The Morgan fingerprint density at radius 3 is 2.76 bits per heavy atom. The molecular formula is C15H19N5O. The van der Waals surface area contributed by atoms with Crippen molar-refractivity contribution in [3.8, 4) is 0 Å². The van der Waals surface area contributed by atoms with Crippen molar-refractivity contribution in [1.82, 2.24) is 19.9 Å². The third-order valence-corrected chi connectivity index (χ3v) is 3.13. The lowest BCUT2D eigenvalue weighted by Crippen LogP contribution is -2.31. The molecule has 21 heavy (non-hydrogen) atoms. The van der Waals surface area contributed by atoms with Gasteiger partial charge in [-0.15, -0.1) is 0 Å². The van der Waals surface area contributed by atoms with Gasteiger partial charge in [-0.3, -0.25) is 9.78 Å². The van der Waals surface area contributed by atoms with Gasteiger partial charge in [-0.25, -0.2) is 9.97 Å². The molecule has 0 saturated carbocycles. The van der Waals surface area contributed by atoms with Gasteiger partial charge in [-0.05, 0) is 25.5 Å². The number of rotatable bonds is 6. The van der Waals surface area contributed by atoms with Gasteiger partial charge in [0.05, 0.1) is 0 Å². The van der Waals surface area contributed by atoms with E-state index in [2.05, 4.69) is 20.3 Å². The van der Waals surface area contributed by atoms with Crippen LogP contribution in [0.5, 0.6) is 0 Å². The fraction of sp³-hybridized carbons (Fsp3) is 0.333. The van der Waals surface area contributed by atoms with Crippen LogP contribution in [0.25, 0.3) is 0 Å². The van der Waals surface area contributed by atoms with E-state index in [0.29, 0.717) is 31.1 Å². The summed E-state index contributed by atoms with van der Waals surface area (Å²) in [4.78, 5) is 26.2. The molecule has 0 aliphatic heterocycles. The van der Waals surface area contributed by atoms with Crippen LogP contribution in [0.1, 0.15) is 29.9 Å². The second-order valence-electron chi connectivity index (χ2n) is 4.48. The molecule has 0 aliphatic rings. The quantitative estimate of drug-likeness (QED) is 0.878. The number of amides is 1. The summed E-state index contributed by atoms with van der Waals surface area (Å²) in [6.45, 7) is 5.83. The molecule has 6 heteroatoms. The Balaban J connectivity index is 2.05. The Morgan fingerprint density at radius 1 is 1.29 bits per heavy atom. The lowest BCUT2D eigenvalue weighted by atomic mass is 10.3. The molecule has 6 nitrogen and oxygen atoms in total. The van der Waals surface area contributed by atoms with E-state index < -0.39 is 0 Å². The first-order valence-corrected chi connectivity index (χ1v) is 6.98. The molecule has 110 valence electrons. The van der Waals surface area contributed by atoms with Gasteiger partial charge in [-0.2, -0.15) is 0 Å². The van der Waals surface area contributed by atoms with Crippen LogP contribution in [0.2, 0.25) is 0 Å². The van der Waals surface area contributed by atoms with E-state index in [0.717, 1.165) is 5.56 Å². The van der Waals surface area contributed by atoms with Crippen LogP contribution in [0.3, 0.4) is 0 Å². The van der Waals surface area contributed by atoms with Crippen LogP contribution in [-0.4, -0.2) is 38.8 Å². The van der Waals surface area contributed by atoms with Gasteiger partial charge in [-0.1, -0.05) is 6.07 Å². The highest BCUT2D eigenvalue weighted by Gasteiger charge is 2.14. The van der Waals surface area contributed by atoms with Crippen molar-refractivity contribution in [3.63, 3.8) is 0 Å². The molecule has 0 unspecified atom stereocenters. The number of nitrogens with one attached hydrogen (secondary N) is 1. The Labute approximate surface area is 124 Å². The SMILES string of the molecule is CCN(CC)C(=O)c1cc(NCc2cccnc2)ncn1. The van der Waals surface area contributed by atoms with Crippen molar-refractivity contribution < 1.29 is 4.79 Å². The fourth-order valence-electron chi connectivity index (χ4n) is 1.94. The second-order valence-corrected chi connectivity index (χ2v) is 4.48. The van der Waals surface area contributed by atoms with Crippen molar-refractivity contribution in [3.05, 3.63) is 48.2 Å². The molecule has 0 atom stereocenters. The van der Waals surface area contributed by atoms with Crippen molar-refractivity contribution in [2.45, 2.75) is 20.4 Å². The average Bonchev–Trinajstić information content (AvgIpc) is 2.55. The second kappa shape index (κ2) is 7.33. The normalized spacial score (nSPS) is 10.2. The van der Waals surface area contributed by atoms with E-state index in [1.807, 2.05) is 26.0 Å². The highest BCUT2D eigenvalue weighted by Crippen LogP contribution is 2.08. The molecule has 1 amide bonds. The standard InChI is InChI=1S/C15H19N5O/c1-3-20(4-2)15(21)13-8-14(19-11-18-13)17-10-12-6-5-7-16-9-12/h5-9,11H,3-4,10H2,1-2H3,(H,17,18,19). The van der Waals surface area contributed by atoms with E-state index in [1.54, 1.807) is 23.4 Å². The van der Waals surface area contributed by atoms with E-state index in [4.69, 9.17) is 0 Å². The van der Waals surface area contributed by atoms with E-state index in [-0.39, 0.29) is 5.91 Å². The predicted octanol–water partition coefficient (Wildman–Crippen LogP) is 1.97. The van der Waals surface area contributed by atoms with Gasteiger partial charge < -0.3 is 10.2 Å². The maximum Gasteiger partial charge on any atom is 0.272 e. The van der Waals surface area contributed by atoms with Crippen LogP contribution >= 0.6 is 0 Å². The molecule has 0 aromatic carbocycles. The molecule has 0 bridgehead atoms. The summed E-state index contributed by atoms with van der Waals surface area (Å²) in [6, 6.07) is 5.53. The number of carbonyl (C=O) groups is 1. The third-order valence-electron chi connectivity index (χ3n) is 3.13. The van der Waals surface area contributed by atoms with E-state index >= 15 is 0 Å². The number of nitrogens with zero attached hydrogens (tertiary/aromatic N) is 4. The molecule has 1 N–H and O–H groups in total. The first-order valence-electron chi connectivity index (χ1n) is 6.98. The summed E-state index contributed by atoms with van der Waals surface area (Å²) >= 11 is 0. The summed E-state index contributed by atoms with van der Waals surface area (Å²) in [5, 5.41) is 3.17. The minimum absolute atomic E-state index is 0.0770. The Morgan fingerprint density at radius 2 is 2.10 bits per heavy atom. The van der Waals surface area contributed by atoms with Crippen LogP contribution in [-0.2, 0) is 6.54 Å². The van der Waals surface area contributed by atoms with Crippen molar-refractivity contribution in [2.24, 2.45) is 0 Å². The average molecular weight is 285 g/mol. The number of anilines is 1. The summed E-state index contributed by atoms with van der Waals surface area (Å²) in [6.07, 6.45) is 4.92. The minimum Gasteiger partial charge on any atom is -0.366 e. The highest BCUT2D eigenvalue weighted by molar-refractivity contribution is 5.92. The molecule has 2 aromatic rings. The predicted molar refractivity (Wildman–Crippen MR) is 80.8 cm³/mol. The van der Waals surface area contributed by atoms with Gasteiger partial charge >= 0.3 is 0 Å². The minimum atomic E-state index is -0.0770. The maximum atomic E-state index is 12.2. The van der Waals surface area contributed by atoms with Crippen LogP contribution in [0.15, 0.2) is 36.9 Å².